The Bertz CT molecular complexity index is 543. The summed E-state index contributed by atoms with van der Waals surface area (Å²) >= 11 is 1.45. The highest BCUT2D eigenvalue weighted by Gasteiger charge is 2.08. The lowest BCUT2D eigenvalue weighted by molar-refractivity contribution is 0.625. The fourth-order valence-corrected chi connectivity index (χ4v) is 1.91. The number of thioether (sulfide) groups is 1. The van der Waals surface area contributed by atoms with Gasteiger partial charge in [0.1, 0.15) is 5.82 Å². The zero-order chi connectivity index (χ0) is 13.0. The molecule has 6 heteroatoms. The van der Waals surface area contributed by atoms with Gasteiger partial charge in [0.15, 0.2) is 5.82 Å². The molecular weight excluding hydrogens is 251 g/mol. The number of hydrogen-bond acceptors (Lipinski definition) is 4. The summed E-state index contributed by atoms with van der Waals surface area (Å²) < 4.78 is 15.1. The SMILES string of the molecule is CCc1nnc(SC)n1/N=C\c1ccccc1F. The number of aromatic nitrogens is 3. The third kappa shape index (κ3) is 2.59. The van der Waals surface area contributed by atoms with Gasteiger partial charge in [-0.25, -0.2) is 4.39 Å². The number of nitrogens with zero attached hydrogens (tertiary/aromatic N) is 4. The fraction of sp³-hybridized carbons (Fsp3) is 0.250. The normalized spacial score (nSPS) is 11.3. The topological polar surface area (TPSA) is 43.1 Å². The molecule has 0 aliphatic rings. The first-order chi connectivity index (χ1) is 8.76. The average Bonchev–Trinajstić information content (AvgIpc) is 2.80. The molecule has 4 nitrogen and oxygen atoms in total. The lowest BCUT2D eigenvalue weighted by Gasteiger charge is -2.00. The summed E-state index contributed by atoms with van der Waals surface area (Å²) in [6.45, 7) is 1.98. The van der Waals surface area contributed by atoms with Crippen molar-refractivity contribution < 1.29 is 4.39 Å². The molecule has 0 saturated carbocycles. The van der Waals surface area contributed by atoms with E-state index in [9.17, 15) is 4.39 Å². The Balaban J connectivity index is 2.34. The predicted molar refractivity (Wildman–Crippen MR) is 70.6 cm³/mol. The zero-order valence-corrected chi connectivity index (χ0v) is 11.0. The van der Waals surface area contributed by atoms with Gasteiger partial charge in [-0.1, -0.05) is 36.9 Å². The minimum absolute atomic E-state index is 0.293. The molecular formula is C12H13FN4S. The first-order valence-electron chi connectivity index (χ1n) is 5.53. The maximum Gasteiger partial charge on any atom is 0.211 e. The van der Waals surface area contributed by atoms with E-state index in [0.29, 0.717) is 10.7 Å². The Labute approximate surface area is 109 Å². The second-order valence-corrected chi connectivity index (χ2v) is 4.31. The van der Waals surface area contributed by atoms with Crippen LogP contribution in [0.5, 0.6) is 0 Å². The van der Waals surface area contributed by atoms with Crippen LogP contribution in [0.2, 0.25) is 0 Å². The fourth-order valence-electron chi connectivity index (χ4n) is 1.46. The molecule has 0 spiro atoms. The minimum atomic E-state index is -0.293. The molecule has 1 heterocycles. The first-order valence-corrected chi connectivity index (χ1v) is 6.76. The maximum atomic E-state index is 13.4. The van der Waals surface area contributed by atoms with Crippen molar-refractivity contribution in [1.82, 2.24) is 14.9 Å². The van der Waals surface area contributed by atoms with Crippen molar-refractivity contribution in [2.45, 2.75) is 18.5 Å². The van der Waals surface area contributed by atoms with Crippen LogP contribution in [0.1, 0.15) is 18.3 Å². The van der Waals surface area contributed by atoms with E-state index in [1.165, 1.54) is 24.0 Å². The molecule has 0 unspecified atom stereocenters. The summed E-state index contributed by atoms with van der Waals surface area (Å²) in [5.74, 6) is 0.463. The Morgan fingerprint density at radius 3 is 2.83 bits per heavy atom. The van der Waals surface area contributed by atoms with Crippen LogP contribution < -0.4 is 0 Å². The van der Waals surface area contributed by atoms with Crippen molar-refractivity contribution in [3.8, 4) is 0 Å². The van der Waals surface area contributed by atoms with Gasteiger partial charge in [0.2, 0.25) is 5.16 Å². The molecule has 0 fully saturated rings. The monoisotopic (exact) mass is 264 g/mol. The number of benzene rings is 1. The van der Waals surface area contributed by atoms with Gasteiger partial charge in [0.25, 0.3) is 0 Å². The maximum absolute atomic E-state index is 13.4. The van der Waals surface area contributed by atoms with E-state index in [4.69, 9.17) is 0 Å². The standard InChI is InChI=1S/C12H13FN4S/c1-3-11-15-16-12(18-2)17(11)14-8-9-6-4-5-7-10(9)13/h4-8H,3H2,1-2H3/b14-8-. The van der Waals surface area contributed by atoms with E-state index in [1.807, 2.05) is 13.2 Å². The number of halogens is 1. The van der Waals surface area contributed by atoms with E-state index >= 15 is 0 Å². The molecule has 18 heavy (non-hydrogen) atoms. The van der Waals surface area contributed by atoms with Gasteiger partial charge in [0, 0.05) is 12.0 Å². The number of rotatable bonds is 4. The summed E-state index contributed by atoms with van der Waals surface area (Å²) in [6, 6.07) is 6.50. The lowest BCUT2D eigenvalue weighted by Crippen LogP contribution is -1.99. The molecule has 0 bridgehead atoms. The third-order valence-corrected chi connectivity index (χ3v) is 3.01. The highest BCUT2D eigenvalue weighted by molar-refractivity contribution is 7.98. The molecule has 0 aliphatic carbocycles. The zero-order valence-electron chi connectivity index (χ0n) is 10.2. The summed E-state index contributed by atoms with van der Waals surface area (Å²) in [4.78, 5) is 0. The van der Waals surface area contributed by atoms with Crippen molar-refractivity contribution in [3.63, 3.8) is 0 Å². The highest BCUT2D eigenvalue weighted by atomic mass is 32.2. The molecule has 0 N–H and O–H groups in total. The van der Waals surface area contributed by atoms with E-state index in [-0.39, 0.29) is 5.82 Å². The van der Waals surface area contributed by atoms with Gasteiger partial charge in [-0.3, -0.25) is 0 Å². The van der Waals surface area contributed by atoms with Crippen molar-refractivity contribution in [3.05, 3.63) is 41.5 Å². The summed E-state index contributed by atoms with van der Waals surface area (Å²) in [5.41, 5.74) is 0.445. The molecule has 0 amide bonds. The van der Waals surface area contributed by atoms with Crippen LogP contribution in [0.4, 0.5) is 4.39 Å². The van der Waals surface area contributed by atoms with Crippen LogP contribution in [0.3, 0.4) is 0 Å². The van der Waals surface area contributed by atoms with Crippen LogP contribution in [0.15, 0.2) is 34.5 Å². The molecule has 0 radical (unpaired) electrons. The van der Waals surface area contributed by atoms with Crippen molar-refractivity contribution in [2.75, 3.05) is 6.26 Å². The molecule has 94 valence electrons. The second kappa shape index (κ2) is 5.77. The Morgan fingerprint density at radius 1 is 1.39 bits per heavy atom. The van der Waals surface area contributed by atoms with Crippen molar-refractivity contribution >= 4 is 18.0 Å². The Morgan fingerprint density at radius 2 is 2.17 bits per heavy atom. The third-order valence-electron chi connectivity index (χ3n) is 2.39. The molecule has 0 aliphatic heterocycles. The van der Waals surface area contributed by atoms with Crippen LogP contribution in [-0.4, -0.2) is 27.3 Å². The van der Waals surface area contributed by atoms with E-state index in [2.05, 4.69) is 15.3 Å². The Hall–Kier alpha value is -1.69. The van der Waals surface area contributed by atoms with Crippen LogP contribution in [0.25, 0.3) is 0 Å². The van der Waals surface area contributed by atoms with Crippen LogP contribution in [-0.2, 0) is 6.42 Å². The number of hydrogen-bond donors (Lipinski definition) is 0. The lowest BCUT2D eigenvalue weighted by atomic mass is 10.2. The largest absolute Gasteiger partial charge is 0.211 e. The van der Waals surface area contributed by atoms with Gasteiger partial charge >= 0.3 is 0 Å². The summed E-state index contributed by atoms with van der Waals surface area (Å²) in [5, 5.41) is 13.0. The van der Waals surface area contributed by atoms with Crippen LogP contribution in [0, 0.1) is 5.82 Å². The smallest absolute Gasteiger partial charge is 0.206 e. The van der Waals surface area contributed by atoms with Crippen LogP contribution >= 0.6 is 11.8 Å². The van der Waals surface area contributed by atoms with E-state index < -0.39 is 0 Å². The molecule has 1 aromatic heterocycles. The van der Waals surface area contributed by atoms with Gasteiger partial charge in [-0.2, -0.15) is 9.78 Å². The molecule has 0 saturated heterocycles. The molecule has 2 aromatic rings. The van der Waals surface area contributed by atoms with Gasteiger partial charge in [0.05, 0.1) is 6.21 Å². The van der Waals surface area contributed by atoms with Gasteiger partial charge in [-0.05, 0) is 12.3 Å². The quantitative estimate of drug-likeness (QED) is 0.629. The van der Waals surface area contributed by atoms with Gasteiger partial charge in [-0.15, -0.1) is 10.2 Å². The number of aryl methyl sites for hydroxylation is 1. The van der Waals surface area contributed by atoms with E-state index in [1.54, 1.807) is 22.9 Å². The summed E-state index contributed by atoms with van der Waals surface area (Å²) in [6.07, 6.45) is 4.11. The predicted octanol–water partition coefficient (Wildman–Crippen LogP) is 2.58. The molecule has 0 atom stereocenters. The Kier molecular flexibility index (Phi) is 4.09. The van der Waals surface area contributed by atoms with Crippen molar-refractivity contribution in [2.24, 2.45) is 5.10 Å². The second-order valence-electron chi connectivity index (χ2n) is 3.53. The summed E-state index contributed by atoms with van der Waals surface area (Å²) in [7, 11) is 0. The van der Waals surface area contributed by atoms with Crippen molar-refractivity contribution in [1.29, 1.82) is 0 Å². The van der Waals surface area contributed by atoms with Gasteiger partial charge < -0.3 is 0 Å². The average molecular weight is 264 g/mol. The molecule has 2 rings (SSSR count). The minimum Gasteiger partial charge on any atom is -0.206 e. The molecule has 1 aromatic carbocycles. The first kappa shape index (κ1) is 12.8. The highest BCUT2D eigenvalue weighted by Crippen LogP contribution is 2.14. The van der Waals surface area contributed by atoms with E-state index in [0.717, 1.165) is 12.2 Å².